The van der Waals surface area contributed by atoms with Crippen LogP contribution in [0.15, 0.2) is 23.2 Å². The summed E-state index contributed by atoms with van der Waals surface area (Å²) in [6.45, 7) is 1.25. The van der Waals surface area contributed by atoms with E-state index in [9.17, 15) is 9.90 Å². The van der Waals surface area contributed by atoms with Gasteiger partial charge in [-0.15, -0.1) is 0 Å². The third-order valence-electron chi connectivity index (χ3n) is 1.82. The molecule has 0 aliphatic heterocycles. The Balaban J connectivity index is 0.00000225. The summed E-state index contributed by atoms with van der Waals surface area (Å²) in [5, 5.41) is 26.9. The molecule has 0 amide bonds. The van der Waals surface area contributed by atoms with Crippen molar-refractivity contribution in [1.29, 1.82) is 0 Å². The minimum absolute atomic E-state index is 0. The van der Waals surface area contributed by atoms with Gasteiger partial charge in [0.25, 0.3) is 0 Å². The minimum atomic E-state index is -1.03. The van der Waals surface area contributed by atoms with E-state index in [-0.39, 0.29) is 35.1 Å². The number of carbonyl (C=O) groups is 1. The van der Waals surface area contributed by atoms with Crippen LogP contribution in [0.5, 0.6) is 11.5 Å². The van der Waals surface area contributed by atoms with E-state index >= 15 is 0 Å². The first-order valence-corrected chi connectivity index (χ1v) is 4.26. The predicted octanol–water partition coefficient (Wildman–Crippen LogP) is 0.989. The molecule has 1 rings (SSSR count). The second-order valence-electron chi connectivity index (χ2n) is 3.00. The molecule has 0 heterocycles. The zero-order valence-corrected chi connectivity index (χ0v) is 9.38. The van der Waals surface area contributed by atoms with E-state index in [0.29, 0.717) is 11.3 Å². The van der Waals surface area contributed by atoms with Crippen LogP contribution in [0.3, 0.4) is 0 Å². The van der Waals surface area contributed by atoms with Crippen LogP contribution < -0.4 is 0 Å². The van der Waals surface area contributed by atoms with Gasteiger partial charge in [-0.2, -0.15) is 0 Å². The van der Waals surface area contributed by atoms with Crippen LogP contribution in [0.4, 0.5) is 0 Å². The molecule has 0 aromatic heterocycles. The molecule has 3 N–H and O–H groups in total. The van der Waals surface area contributed by atoms with Crippen LogP contribution in [0.2, 0.25) is 0 Å². The summed E-state index contributed by atoms with van der Waals surface area (Å²) in [5.41, 5.74) is 0.823. The van der Waals surface area contributed by atoms with Gasteiger partial charge in [0.2, 0.25) is 0 Å². The van der Waals surface area contributed by atoms with Crippen molar-refractivity contribution in [2.45, 2.75) is 6.92 Å². The van der Waals surface area contributed by atoms with Crippen LogP contribution in [0, 0.1) is 0 Å². The van der Waals surface area contributed by atoms with Crippen molar-refractivity contribution in [1.82, 2.24) is 0 Å². The maximum absolute atomic E-state index is 10.3. The van der Waals surface area contributed by atoms with E-state index in [1.807, 2.05) is 0 Å². The van der Waals surface area contributed by atoms with Gasteiger partial charge in [0.1, 0.15) is 18.0 Å². The molecule has 0 unspecified atom stereocenters. The Labute approximate surface area is 103 Å². The second-order valence-corrected chi connectivity index (χ2v) is 3.00. The Kier molecular flexibility index (Phi) is 5.56. The molecule has 0 bridgehead atoms. The van der Waals surface area contributed by atoms with Gasteiger partial charge in [-0.25, -0.2) is 0 Å². The van der Waals surface area contributed by atoms with Crippen LogP contribution in [-0.4, -0.2) is 33.5 Å². The number of rotatable bonds is 3. The van der Waals surface area contributed by atoms with Gasteiger partial charge in [-0.05, 0) is 19.1 Å². The number of carboxylic acid groups (broad SMARTS) is 1. The molecule has 0 saturated heterocycles. The Morgan fingerprint density at radius 1 is 1.38 bits per heavy atom. The molecular weight excluding hydrogens is 262 g/mol. The van der Waals surface area contributed by atoms with Crippen molar-refractivity contribution in [2.24, 2.45) is 4.99 Å². The summed E-state index contributed by atoms with van der Waals surface area (Å²) < 4.78 is 0. The number of hydrogen-bond acceptors (Lipinski definition) is 4. The Morgan fingerprint density at radius 3 is 2.50 bits per heavy atom. The Morgan fingerprint density at radius 2 is 2.00 bits per heavy atom. The summed E-state index contributed by atoms with van der Waals surface area (Å²) in [6, 6.07) is 4.05. The molecule has 1 radical (unpaired) electrons. The van der Waals surface area contributed by atoms with E-state index < -0.39 is 5.97 Å². The topological polar surface area (TPSA) is 90.1 Å². The average molecular weight is 273 g/mol. The third-order valence-corrected chi connectivity index (χ3v) is 1.82. The van der Waals surface area contributed by atoms with E-state index in [1.165, 1.54) is 18.2 Å². The van der Waals surface area contributed by atoms with Crippen LogP contribution in [-0.2, 0) is 21.9 Å². The molecule has 0 aliphatic rings. The van der Waals surface area contributed by atoms with E-state index in [2.05, 4.69) is 4.99 Å². The number of aliphatic imine (C=N–C) groups is 1. The zero-order chi connectivity index (χ0) is 11.4. The summed E-state index contributed by atoms with van der Waals surface area (Å²) in [6.07, 6.45) is 0. The summed E-state index contributed by atoms with van der Waals surface area (Å²) >= 11 is 0. The summed E-state index contributed by atoms with van der Waals surface area (Å²) in [7, 11) is 0. The summed E-state index contributed by atoms with van der Waals surface area (Å²) in [5.74, 6) is -1.21. The Hall–Kier alpha value is -1.52. The Bertz CT molecular complexity index is 417. The third kappa shape index (κ3) is 3.92. The molecule has 16 heavy (non-hydrogen) atoms. The maximum atomic E-state index is 10.3. The van der Waals surface area contributed by atoms with Crippen LogP contribution in [0.25, 0.3) is 0 Å². The van der Waals surface area contributed by atoms with Gasteiger partial charge in [-0.1, -0.05) is 0 Å². The van der Waals surface area contributed by atoms with E-state index in [1.54, 1.807) is 6.92 Å². The van der Waals surface area contributed by atoms with Gasteiger partial charge >= 0.3 is 23.0 Å². The number of carboxylic acids is 1. The first-order chi connectivity index (χ1) is 7.00. The smallest absolute Gasteiger partial charge is 0.508 e. The number of aliphatic carboxylic acids is 1. The SMILES string of the molecule is CC(=NCC(=O)O)c1ccc(O)cc1O.[Cu+2]. The van der Waals surface area contributed by atoms with E-state index in [4.69, 9.17) is 10.2 Å². The first kappa shape index (κ1) is 14.5. The number of nitrogens with zero attached hydrogens (tertiary/aromatic N) is 1. The van der Waals surface area contributed by atoms with Crippen molar-refractivity contribution in [3.05, 3.63) is 23.8 Å². The largest absolute Gasteiger partial charge is 2.00 e. The average Bonchev–Trinajstić information content (AvgIpc) is 2.14. The van der Waals surface area contributed by atoms with Crippen molar-refractivity contribution in [3.63, 3.8) is 0 Å². The molecule has 0 atom stereocenters. The zero-order valence-electron chi connectivity index (χ0n) is 8.44. The number of benzene rings is 1. The fraction of sp³-hybridized carbons (Fsp3) is 0.200. The maximum Gasteiger partial charge on any atom is 2.00 e. The van der Waals surface area contributed by atoms with E-state index in [0.717, 1.165) is 0 Å². The van der Waals surface area contributed by atoms with Gasteiger partial charge in [-0.3, -0.25) is 9.79 Å². The molecular formula is C10H11CuNO4+2. The van der Waals surface area contributed by atoms with Crippen molar-refractivity contribution in [2.75, 3.05) is 6.54 Å². The van der Waals surface area contributed by atoms with Gasteiger partial charge in [0.15, 0.2) is 0 Å². The van der Waals surface area contributed by atoms with Crippen molar-refractivity contribution >= 4 is 11.7 Å². The molecule has 0 saturated carbocycles. The molecule has 0 spiro atoms. The standard InChI is InChI=1S/C10H11NO4.Cu/c1-6(11-5-10(14)15)8-3-2-7(12)4-9(8)13;/h2-4,12-13H,5H2,1H3,(H,14,15);/q;+2. The molecule has 0 aliphatic carbocycles. The molecule has 0 fully saturated rings. The molecule has 6 heteroatoms. The number of phenolic OH excluding ortho intramolecular Hbond substituents is 2. The fourth-order valence-corrected chi connectivity index (χ4v) is 1.10. The van der Waals surface area contributed by atoms with Crippen molar-refractivity contribution < 1.29 is 37.2 Å². The van der Waals surface area contributed by atoms with Gasteiger partial charge in [0, 0.05) is 17.3 Å². The van der Waals surface area contributed by atoms with Gasteiger partial charge in [0.05, 0.1) is 0 Å². The first-order valence-electron chi connectivity index (χ1n) is 4.26. The summed E-state index contributed by atoms with van der Waals surface area (Å²) in [4.78, 5) is 14.0. The van der Waals surface area contributed by atoms with Crippen LogP contribution >= 0.6 is 0 Å². The molecule has 5 nitrogen and oxygen atoms in total. The number of aromatic hydroxyl groups is 2. The molecule has 1 aromatic rings. The quantitative estimate of drug-likeness (QED) is 0.565. The number of phenols is 2. The molecule has 89 valence electrons. The van der Waals surface area contributed by atoms with Crippen molar-refractivity contribution in [3.8, 4) is 11.5 Å². The van der Waals surface area contributed by atoms with Crippen LogP contribution in [0.1, 0.15) is 12.5 Å². The predicted molar refractivity (Wildman–Crippen MR) is 54.5 cm³/mol. The second kappa shape index (κ2) is 6.15. The monoisotopic (exact) mass is 272 g/mol. The number of hydrogen-bond donors (Lipinski definition) is 3. The molecule has 1 aromatic carbocycles. The normalized spacial score (nSPS) is 10.7. The minimum Gasteiger partial charge on any atom is -0.508 e. The fourth-order valence-electron chi connectivity index (χ4n) is 1.10. The van der Waals surface area contributed by atoms with Gasteiger partial charge < -0.3 is 15.3 Å².